The molecule has 0 heterocycles. The summed E-state index contributed by atoms with van der Waals surface area (Å²) in [5, 5.41) is 11.2. The molecule has 100 valence electrons. The van der Waals surface area contributed by atoms with Crippen LogP contribution >= 0.6 is 0 Å². The fraction of sp³-hybridized carbons (Fsp3) is 0.778. The first-order valence-corrected chi connectivity index (χ1v) is 5.34. The van der Waals surface area contributed by atoms with Crippen molar-refractivity contribution in [3.8, 4) is 0 Å². The van der Waals surface area contributed by atoms with Crippen LogP contribution in [0.25, 0.3) is 0 Å². The summed E-state index contributed by atoms with van der Waals surface area (Å²) in [5.74, 6) is -0.262. The number of aliphatic imine (C=N–C) groups is 1. The predicted octanol–water partition coefficient (Wildman–Crippen LogP) is -1.85. The highest BCUT2D eigenvalue weighted by Crippen LogP contribution is 1.94. The number of rotatable bonds is 8. The average molecular weight is 247 g/mol. The van der Waals surface area contributed by atoms with E-state index in [9.17, 15) is 4.79 Å². The van der Waals surface area contributed by atoms with Gasteiger partial charge in [-0.05, 0) is 12.8 Å². The van der Waals surface area contributed by atoms with Crippen molar-refractivity contribution in [3.63, 3.8) is 0 Å². The fourth-order valence-electron chi connectivity index (χ4n) is 1.06. The van der Waals surface area contributed by atoms with Crippen molar-refractivity contribution in [2.24, 2.45) is 16.5 Å². The van der Waals surface area contributed by atoms with E-state index in [0.29, 0.717) is 38.5 Å². The number of nitrogens with one attached hydrogen (secondary N) is 2. The summed E-state index contributed by atoms with van der Waals surface area (Å²) in [6.07, 6.45) is 1.04. The van der Waals surface area contributed by atoms with Crippen molar-refractivity contribution >= 4 is 11.9 Å². The number of carbonyl (C=O) groups excluding carboxylic acids is 1. The molecular weight excluding hydrogens is 226 g/mol. The van der Waals surface area contributed by atoms with Gasteiger partial charge < -0.3 is 21.5 Å². The van der Waals surface area contributed by atoms with Crippen LogP contribution in [0.2, 0.25) is 0 Å². The van der Waals surface area contributed by atoms with Crippen LogP contribution in [0.3, 0.4) is 0 Å². The highest BCUT2D eigenvalue weighted by molar-refractivity contribution is 5.80. The van der Waals surface area contributed by atoms with E-state index in [1.165, 1.54) is 5.48 Å². The molecule has 0 aliphatic heterocycles. The lowest BCUT2D eigenvalue weighted by atomic mass is 10.1. The van der Waals surface area contributed by atoms with E-state index in [2.05, 4.69) is 10.3 Å². The first-order valence-electron chi connectivity index (χ1n) is 5.34. The summed E-state index contributed by atoms with van der Waals surface area (Å²) in [6, 6.07) is -0.724. The Morgan fingerprint density at radius 1 is 1.59 bits per heavy atom. The molecule has 0 bridgehead atoms. The maximum atomic E-state index is 10.8. The van der Waals surface area contributed by atoms with E-state index >= 15 is 0 Å². The number of carbonyl (C=O) groups is 1. The minimum absolute atomic E-state index is 0.335. The molecule has 1 atom stereocenters. The average Bonchev–Trinajstić information content (AvgIpc) is 2.33. The SMILES string of the molecule is COCCNC(N)=NCCC[C@H](N)C(=O)NO. The van der Waals surface area contributed by atoms with Gasteiger partial charge in [-0.15, -0.1) is 0 Å². The molecule has 1 amide bonds. The molecule has 8 nitrogen and oxygen atoms in total. The number of ether oxygens (including phenoxy) is 1. The summed E-state index contributed by atoms with van der Waals surface area (Å²) in [5.41, 5.74) is 12.5. The predicted molar refractivity (Wildman–Crippen MR) is 63.5 cm³/mol. The standard InChI is InChI=1S/C9H21N5O3/c1-17-6-5-13-9(11)12-4-2-3-7(10)8(15)14-16/h7,16H,2-6,10H2,1H3,(H,14,15)(H3,11,12,13)/t7-/m0/s1. The van der Waals surface area contributed by atoms with Gasteiger partial charge in [0.2, 0.25) is 0 Å². The number of hydrogen-bond donors (Lipinski definition) is 5. The van der Waals surface area contributed by atoms with Crippen molar-refractivity contribution in [3.05, 3.63) is 0 Å². The highest BCUT2D eigenvalue weighted by atomic mass is 16.5. The van der Waals surface area contributed by atoms with Gasteiger partial charge in [-0.1, -0.05) is 0 Å². The van der Waals surface area contributed by atoms with E-state index in [-0.39, 0.29) is 0 Å². The van der Waals surface area contributed by atoms with Crippen LogP contribution in [0, 0.1) is 0 Å². The van der Waals surface area contributed by atoms with Gasteiger partial charge in [-0.3, -0.25) is 15.0 Å². The first-order chi connectivity index (χ1) is 8.11. The quantitative estimate of drug-likeness (QED) is 0.112. The maximum Gasteiger partial charge on any atom is 0.260 e. The number of hydrogen-bond acceptors (Lipinski definition) is 5. The summed E-state index contributed by atoms with van der Waals surface area (Å²) >= 11 is 0. The number of guanidine groups is 1. The largest absolute Gasteiger partial charge is 0.383 e. The zero-order valence-corrected chi connectivity index (χ0v) is 9.98. The van der Waals surface area contributed by atoms with Crippen LogP contribution in [-0.2, 0) is 9.53 Å². The molecule has 0 aromatic carbocycles. The monoisotopic (exact) mass is 247 g/mol. The van der Waals surface area contributed by atoms with Crippen LogP contribution in [0.4, 0.5) is 0 Å². The van der Waals surface area contributed by atoms with Crippen molar-refractivity contribution in [2.75, 3.05) is 26.8 Å². The molecule has 0 saturated carbocycles. The minimum Gasteiger partial charge on any atom is -0.383 e. The second-order valence-electron chi connectivity index (χ2n) is 3.41. The zero-order chi connectivity index (χ0) is 13.1. The van der Waals surface area contributed by atoms with E-state index in [1.54, 1.807) is 7.11 Å². The van der Waals surface area contributed by atoms with Gasteiger partial charge in [0.1, 0.15) is 0 Å². The van der Waals surface area contributed by atoms with Crippen LogP contribution in [0.15, 0.2) is 4.99 Å². The maximum absolute atomic E-state index is 10.8. The lowest BCUT2D eigenvalue weighted by Crippen LogP contribution is -2.39. The molecule has 0 aliphatic rings. The Balaban J connectivity index is 3.61. The normalized spacial score (nSPS) is 13.2. The van der Waals surface area contributed by atoms with Gasteiger partial charge >= 0.3 is 0 Å². The van der Waals surface area contributed by atoms with E-state index in [0.717, 1.165) is 0 Å². The first kappa shape index (κ1) is 15.6. The van der Waals surface area contributed by atoms with E-state index in [1.807, 2.05) is 0 Å². The highest BCUT2D eigenvalue weighted by Gasteiger charge is 2.10. The summed E-state index contributed by atoms with van der Waals surface area (Å²) < 4.78 is 4.83. The Kier molecular flexibility index (Phi) is 9.02. The molecule has 0 aromatic rings. The Morgan fingerprint density at radius 3 is 2.88 bits per heavy atom. The third kappa shape index (κ3) is 8.43. The van der Waals surface area contributed by atoms with Crippen LogP contribution < -0.4 is 22.3 Å². The van der Waals surface area contributed by atoms with Crippen molar-refractivity contribution < 1.29 is 14.7 Å². The second kappa shape index (κ2) is 9.82. The molecule has 0 radical (unpaired) electrons. The Morgan fingerprint density at radius 2 is 2.29 bits per heavy atom. The van der Waals surface area contributed by atoms with Crippen molar-refractivity contribution in [1.82, 2.24) is 10.8 Å². The number of nitrogens with two attached hydrogens (primary N) is 2. The minimum atomic E-state index is -0.724. The van der Waals surface area contributed by atoms with Gasteiger partial charge in [0.05, 0.1) is 12.6 Å². The lowest BCUT2D eigenvalue weighted by molar-refractivity contribution is -0.130. The molecule has 0 unspecified atom stereocenters. The molecule has 0 aromatic heterocycles. The molecule has 7 N–H and O–H groups in total. The summed E-state index contributed by atoms with van der Waals surface area (Å²) in [6.45, 7) is 1.62. The zero-order valence-electron chi connectivity index (χ0n) is 9.98. The van der Waals surface area contributed by atoms with Gasteiger partial charge in [0, 0.05) is 20.2 Å². The number of nitrogens with zero attached hydrogens (tertiary/aromatic N) is 1. The van der Waals surface area contributed by atoms with Crippen molar-refractivity contribution in [2.45, 2.75) is 18.9 Å². The molecule has 0 aliphatic carbocycles. The fourth-order valence-corrected chi connectivity index (χ4v) is 1.06. The number of amides is 1. The van der Waals surface area contributed by atoms with Gasteiger partial charge in [-0.25, -0.2) is 5.48 Å². The number of hydroxylamine groups is 1. The lowest BCUT2D eigenvalue weighted by Gasteiger charge is -2.08. The Bertz CT molecular complexity index is 247. The third-order valence-corrected chi connectivity index (χ3v) is 2.01. The van der Waals surface area contributed by atoms with Crippen molar-refractivity contribution in [1.29, 1.82) is 0 Å². The Labute approximate surface area is 100 Å². The molecule has 0 rings (SSSR count). The van der Waals surface area contributed by atoms with Gasteiger partial charge in [0.25, 0.3) is 5.91 Å². The smallest absolute Gasteiger partial charge is 0.260 e. The van der Waals surface area contributed by atoms with Gasteiger partial charge in [0.15, 0.2) is 5.96 Å². The van der Waals surface area contributed by atoms with Crippen LogP contribution in [-0.4, -0.2) is 49.9 Å². The molecule has 0 fully saturated rings. The summed E-state index contributed by atoms with van der Waals surface area (Å²) in [7, 11) is 1.60. The topological polar surface area (TPSA) is 135 Å². The third-order valence-electron chi connectivity index (χ3n) is 2.01. The molecule has 0 spiro atoms. The van der Waals surface area contributed by atoms with Gasteiger partial charge in [-0.2, -0.15) is 0 Å². The van der Waals surface area contributed by atoms with Crippen LogP contribution in [0.5, 0.6) is 0 Å². The van der Waals surface area contributed by atoms with Crippen LogP contribution in [0.1, 0.15) is 12.8 Å². The number of methoxy groups -OCH3 is 1. The molecule has 8 heteroatoms. The molecule has 17 heavy (non-hydrogen) atoms. The molecular formula is C9H21N5O3. The summed E-state index contributed by atoms with van der Waals surface area (Å²) in [4.78, 5) is 14.9. The molecule has 0 saturated heterocycles. The Hall–Kier alpha value is -1.38. The second-order valence-corrected chi connectivity index (χ2v) is 3.41. The van der Waals surface area contributed by atoms with E-state index < -0.39 is 11.9 Å². The van der Waals surface area contributed by atoms with E-state index in [4.69, 9.17) is 21.4 Å².